The number of benzene rings is 1. The molecular weight excluding hydrogens is 276 g/mol. The largest absolute Gasteiger partial charge is 0.444 e. The second-order valence-corrected chi connectivity index (χ2v) is 6.67. The van der Waals surface area contributed by atoms with E-state index in [2.05, 4.69) is 37.4 Å². The Bertz CT molecular complexity index is 506. The van der Waals surface area contributed by atoms with Crippen LogP contribution in [0.5, 0.6) is 0 Å². The van der Waals surface area contributed by atoms with E-state index in [0.717, 1.165) is 17.7 Å². The molecule has 0 unspecified atom stereocenters. The first-order valence-electron chi connectivity index (χ1n) is 7.97. The summed E-state index contributed by atoms with van der Waals surface area (Å²) >= 11 is 0. The van der Waals surface area contributed by atoms with Crippen molar-refractivity contribution in [3.05, 3.63) is 29.3 Å². The molecular formula is C18H30N2O2. The lowest BCUT2D eigenvalue weighted by Crippen LogP contribution is -2.38. The summed E-state index contributed by atoms with van der Waals surface area (Å²) in [6, 6.07) is 6.24. The Morgan fingerprint density at radius 2 is 2.00 bits per heavy atom. The highest BCUT2D eigenvalue weighted by molar-refractivity contribution is 5.69. The summed E-state index contributed by atoms with van der Waals surface area (Å²) in [5.41, 5.74) is 2.91. The summed E-state index contributed by atoms with van der Waals surface area (Å²) in [5, 5.41) is 3.19. The number of ether oxygens (including phenoxy) is 1. The third kappa shape index (κ3) is 4.93. The predicted octanol–water partition coefficient (Wildman–Crippen LogP) is 4.74. The van der Waals surface area contributed by atoms with Gasteiger partial charge in [-0.1, -0.05) is 19.1 Å². The molecule has 0 fully saturated rings. The van der Waals surface area contributed by atoms with Crippen LogP contribution in [-0.4, -0.2) is 30.2 Å². The maximum atomic E-state index is 12.5. The first-order chi connectivity index (χ1) is 10.2. The molecule has 0 aliphatic heterocycles. The van der Waals surface area contributed by atoms with Crippen LogP contribution in [-0.2, 0) is 4.74 Å². The first kappa shape index (κ1) is 18.3. The average molecular weight is 306 g/mol. The number of hydrogen-bond donors (Lipinski definition) is 1. The van der Waals surface area contributed by atoms with Crippen LogP contribution in [0.15, 0.2) is 18.2 Å². The van der Waals surface area contributed by atoms with E-state index in [4.69, 9.17) is 4.74 Å². The van der Waals surface area contributed by atoms with Gasteiger partial charge in [-0.25, -0.2) is 4.79 Å². The SMILES string of the molecule is CCCN(C(=O)OC(C)(C)C)[C@@H](C)c1ccc(C)c(NC)c1. The maximum absolute atomic E-state index is 12.5. The summed E-state index contributed by atoms with van der Waals surface area (Å²) in [7, 11) is 1.91. The Morgan fingerprint density at radius 3 is 2.50 bits per heavy atom. The second kappa shape index (κ2) is 7.52. The molecule has 0 saturated carbocycles. The monoisotopic (exact) mass is 306 g/mol. The third-order valence-electron chi connectivity index (χ3n) is 3.57. The van der Waals surface area contributed by atoms with Gasteiger partial charge >= 0.3 is 6.09 Å². The van der Waals surface area contributed by atoms with Gasteiger partial charge in [-0.15, -0.1) is 0 Å². The first-order valence-corrected chi connectivity index (χ1v) is 7.97. The standard InChI is InChI=1S/C18H30N2O2/c1-8-11-20(17(21)22-18(4,5)6)14(3)15-10-9-13(2)16(12-15)19-7/h9-10,12,14,19H,8,11H2,1-7H3/t14-/m0/s1. The molecule has 0 aromatic heterocycles. The molecule has 0 spiro atoms. The van der Waals surface area contributed by atoms with Crippen LogP contribution in [0.2, 0.25) is 0 Å². The number of carbonyl (C=O) groups is 1. The summed E-state index contributed by atoms with van der Waals surface area (Å²) in [6.07, 6.45) is 0.641. The third-order valence-corrected chi connectivity index (χ3v) is 3.57. The van der Waals surface area contributed by atoms with Crippen LogP contribution < -0.4 is 5.32 Å². The fourth-order valence-corrected chi connectivity index (χ4v) is 2.35. The van der Waals surface area contributed by atoms with E-state index >= 15 is 0 Å². The number of amides is 1. The number of hydrogen-bond acceptors (Lipinski definition) is 3. The molecule has 1 N–H and O–H groups in total. The van der Waals surface area contributed by atoms with E-state index in [-0.39, 0.29) is 12.1 Å². The number of carbonyl (C=O) groups excluding carboxylic acids is 1. The van der Waals surface area contributed by atoms with E-state index in [0.29, 0.717) is 6.54 Å². The average Bonchev–Trinajstić information content (AvgIpc) is 2.42. The zero-order chi connectivity index (χ0) is 16.9. The molecule has 0 aliphatic rings. The molecule has 0 heterocycles. The van der Waals surface area contributed by atoms with Crippen molar-refractivity contribution in [1.82, 2.24) is 4.90 Å². The molecule has 0 aliphatic carbocycles. The number of nitrogens with zero attached hydrogens (tertiary/aromatic N) is 1. The highest BCUT2D eigenvalue weighted by Gasteiger charge is 2.26. The van der Waals surface area contributed by atoms with Crippen molar-refractivity contribution >= 4 is 11.8 Å². The van der Waals surface area contributed by atoms with Gasteiger partial charge < -0.3 is 15.0 Å². The van der Waals surface area contributed by atoms with Gasteiger partial charge in [0, 0.05) is 19.3 Å². The maximum Gasteiger partial charge on any atom is 0.410 e. The molecule has 1 aromatic rings. The number of rotatable bonds is 5. The smallest absolute Gasteiger partial charge is 0.410 e. The Morgan fingerprint density at radius 1 is 1.36 bits per heavy atom. The van der Waals surface area contributed by atoms with Gasteiger partial charge in [-0.05, 0) is 58.2 Å². The van der Waals surface area contributed by atoms with Gasteiger partial charge in [0.2, 0.25) is 0 Å². The van der Waals surface area contributed by atoms with Gasteiger partial charge in [-0.3, -0.25) is 0 Å². The molecule has 1 aromatic carbocycles. The molecule has 4 heteroatoms. The highest BCUT2D eigenvalue weighted by Crippen LogP contribution is 2.26. The van der Waals surface area contributed by atoms with Gasteiger partial charge in [0.15, 0.2) is 0 Å². The van der Waals surface area contributed by atoms with Crippen LogP contribution in [0.3, 0.4) is 0 Å². The molecule has 0 radical (unpaired) electrons. The minimum Gasteiger partial charge on any atom is -0.444 e. The van der Waals surface area contributed by atoms with E-state index in [1.807, 2.05) is 34.7 Å². The number of nitrogens with one attached hydrogen (secondary N) is 1. The number of aryl methyl sites for hydroxylation is 1. The summed E-state index contributed by atoms with van der Waals surface area (Å²) < 4.78 is 5.55. The lowest BCUT2D eigenvalue weighted by molar-refractivity contribution is 0.0173. The van der Waals surface area contributed by atoms with Crippen LogP contribution >= 0.6 is 0 Å². The van der Waals surface area contributed by atoms with E-state index in [1.165, 1.54) is 5.56 Å². The molecule has 1 rings (SSSR count). The fraction of sp³-hybridized carbons (Fsp3) is 0.611. The molecule has 22 heavy (non-hydrogen) atoms. The van der Waals surface area contributed by atoms with E-state index < -0.39 is 5.60 Å². The van der Waals surface area contributed by atoms with Crippen molar-refractivity contribution in [2.45, 2.75) is 59.6 Å². The van der Waals surface area contributed by atoms with Crippen molar-refractivity contribution in [2.75, 3.05) is 18.9 Å². The lowest BCUT2D eigenvalue weighted by atomic mass is 10.0. The molecule has 4 nitrogen and oxygen atoms in total. The summed E-state index contributed by atoms with van der Waals surface area (Å²) in [5.74, 6) is 0. The molecule has 1 amide bonds. The minimum absolute atomic E-state index is 0.0255. The summed E-state index contributed by atoms with van der Waals surface area (Å²) in [4.78, 5) is 14.3. The Labute approximate surface area is 134 Å². The van der Waals surface area contributed by atoms with Gasteiger partial charge in [0.1, 0.15) is 5.60 Å². The van der Waals surface area contributed by atoms with Crippen molar-refractivity contribution in [1.29, 1.82) is 0 Å². The second-order valence-electron chi connectivity index (χ2n) is 6.67. The van der Waals surface area contributed by atoms with Gasteiger partial charge in [0.05, 0.1) is 6.04 Å². The summed E-state index contributed by atoms with van der Waals surface area (Å²) in [6.45, 7) is 12.5. The predicted molar refractivity (Wildman–Crippen MR) is 92.4 cm³/mol. The molecule has 0 saturated heterocycles. The molecule has 1 atom stereocenters. The van der Waals surface area contributed by atoms with Crippen LogP contribution in [0.25, 0.3) is 0 Å². The fourth-order valence-electron chi connectivity index (χ4n) is 2.35. The topological polar surface area (TPSA) is 41.6 Å². The quantitative estimate of drug-likeness (QED) is 0.854. The zero-order valence-corrected chi connectivity index (χ0v) is 15.0. The van der Waals surface area contributed by atoms with E-state index in [1.54, 1.807) is 4.90 Å². The van der Waals surface area contributed by atoms with Crippen LogP contribution in [0.1, 0.15) is 58.2 Å². The van der Waals surface area contributed by atoms with Gasteiger partial charge in [-0.2, -0.15) is 0 Å². The van der Waals surface area contributed by atoms with Crippen LogP contribution in [0.4, 0.5) is 10.5 Å². The van der Waals surface area contributed by atoms with Crippen molar-refractivity contribution in [3.63, 3.8) is 0 Å². The van der Waals surface area contributed by atoms with Crippen molar-refractivity contribution < 1.29 is 9.53 Å². The van der Waals surface area contributed by atoms with Crippen molar-refractivity contribution in [2.24, 2.45) is 0 Å². The van der Waals surface area contributed by atoms with Crippen molar-refractivity contribution in [3.8, 4) is 0 Å². The zero-order valence-electron chi connectivity index (χ0n) is 15.0. The van der Waals surface area contributed by atoms with Gasteiger partial charge in [0.25, 0.3) is 0 Å². The Balaban J connectivity index is 3.02. The Hall–Kier alpha value is -1.71. The normalized spacial score (nSPS) is 12.7. The Kier molecular flexibility index (Phi) is 6.27. The molecule has 124 valence electrons. The minimum atomic E-state index is -0.480. The number of anilines is 1. The lowest BCUT2D eigenvalue weighted by Gasteiger charge is -2.32. The van der Waals surface area contributed by atoms with E-state index in [9.17, 15) is 4.79 Å². The molecule has 0 bridgehead atoms. The highest BCUT2D eigenvalue weighted by atomic mass is 16.6. The van der Waals surface area contributed by atoms with Crippen LogP contribution in [0, 0.1) is 6.92 Å².